The molecule has 0 amide bonds. The van der Waals surface area contributed by atoms with Crippen LogP contribution in [0.2, 0.25) is 0 Å². The molecule has 1 aromatic rings. The molecular formula is C7H12N4S. The number of thiocarbonyl (C=S) groups is 1. The van der Waals surface area contributed by atoms with E-state index in [9.17, 15) is 0 Å². The van der Waals surface area contributed by atoms with Gasteiger partial charge in [0.25, 0.3) is 0 Å². The minimum absolute atomic E-state index is 0.402. The third kappa shape index (κ3) is 2.20. The number of hydrogen-bond donors (Lipinski definition) is 1. The second-order valence-corrected chi connectivity index (χ2v) is 3.13. The SMILES string of the molecule is CN(Cc1cnn(C)c1)C(N)=S. The first-order chi connectivity index (χ1) is 5.59. The third-order valence-electron chi connectivity index (χ3n) is 1.55. The standard InChI is InChI=1S/C7H12N4S/c1-10(7(8)12)4-6-3-9-11(2)5-6/h3,5H,4H2,1-2H3,(H2,8,12). The first-order valence-electron chi connectivity index (χ1n) is 3.57. The quantitative estimate of drug-likeness (QED) is 0.662. The van der Waals surface area contributed by atoms with Crippen molar-refractivity contribution in [3.8, 4) is 0 Å². The van der Waals surface area contributed by atoms with Crippen LogP contribution < -0.4 is 5.73 Å². The van der Waals surface area contributed by atoms with Gasteiger partial charge in [-0.05, 0) is 12.2 Å². The van der Waals surface area contributed by atoms with E-state index >= 15 is 0 Å². The molecule has 5 heteroatoms. The zero-order chi connectivity index (χ0) is 9.14. The molecule has 0 aliphatic carbocycles. The van der Waals surface area contributed by atoms with Crippen LogP contribution in [0.15, 0.2) is 12.4 Å². The maximum Gasteiger partial charge on any atom is 0.166 e. The van der Waals surface area contributed by atoms with Crippen LogP contribution in [0.25, 0.3) is 0 Å². The van der Waals surface area contributed by atoms with Crippen LogP contribution in [0.1, 0.15) is 5.56 Å². The monoisotopic (exact) mass is 184 g/mol. The van der Waals surface area contributed by atoms with Crippen molar-refractivity contribution in [2.45, 2.75) is 6.54 Å². The molecule has 12 heavy (non-hydrogen) atoms. The predicted molar refractivity (Wildman–Crippen MR) is 51.5 cm³/mol. The fraction of sp³-hybridized carbons (Fsp3) is 0.429. The highest BCUT2D eigenvalue weighted by molar-refractivity contribution is 7.80. The molecule has 0 saturated carbocycles. The average molecular weight is 184 g/mol. The van der Waals surface area contributed by atoms with Gasteiger partial charge >= 0.3 is 0 Å². The Morgan fingerprint density at radius 2 is 2.50 bits per heavy atom. The van der Waals surface area contributed by atoms with E-state index in [0.717, 1.165) is 5.56 Å². The summed E-state index contributed by atoms with van der Waals surface area (Å²) in [6.45, 7) is 0.711. The summed E-state index contributed by atoms with van der Waals surface area (Å²) >= 11 is 4.80. The lowest BCUT2D eigenvalue weighted by atomic mass is 10.3. The molecule has 0 aliphatic heterocycles. The molecular weight excluding hydrogens is 172 g/mol. The van der Waals surface area contributed by atoms with Crippen LogP contribution >= 0.6 is 12.2 Å². The normalized spacial score (nSPS) is 9.83. The highest BCUT2D eigenvalue weighted by Gasteiger charge is 2.01. The zero-order valence-electron chi connectivity index (χ0n) is 7.19. The Bertz CT molecular complexity index is 281. The highest BCUT2D eigenvalue weighted by Crippen LogP contribution is 2.00. The Balaban J connectivity index is 2.58. The van der Waals surface area contributed by atoms with Crippen molar-refractivity contribution < 1.29 is 0 Å². The van der Waals surface area contributed by atoms with Gasteiger partial charge in [0, 0.05) is 32.4 Å². The van der Waals surface area contributed by atoms with Crippen molar-refractivity contribution in [2.24, 2.45) is 12.8 Å². The Kier molecular flexibility index (Phi) is 2.65. The van der Waals surface area contributed by atoms with Gasteiger partial charge in [0.05, 0.1) is 6.20 Å². The van der Waals surface area contributed by atoms with Gasteiger partial charge < -0.3 is 10.6 Å². The van der Waals surface area contributed by atoms with E-state index in [1.54, 1.807) is 15.8 Å². The molecule has 2 N–H and O–H groups in total. The summed E-state index contributed by atoms with van der Waals surface area (Å²) in [5.74, 6) is 0. The highest BCUT2D eigenvalue weighted by atomic mass is 32.1. The summed E-state index contributed by atoms with van der Waals surface area (Å²) in [7, 11) is 3.74. The van der Waals surface area contributed by atoms with Crippen molar-refractivity contribution in [1.82, 2.24) is 14.7 Å². The van der Waals surface area contributed by atoms with Crippen molar-refractivity contribution >= 4 is 17.3 Å². The Morgan fingerprint density at radius 3 is 2.92 bits per heavy atom. The number of nitrogens with zero attached hydrogens (tertiary/aromatic N) is 3. The predicted octanol–water partition coefficient (Wildman–Crippen LogP) is 0.0955. The van der Waals surface area contributed by atoms with Crippen molar-refractivity contribution in [3.05, 3.63) is 18.0 Å². The molecule has 0 atom stereocenters. The van der Waals surface area contributed by atoms with E-state index < -0.39 is 0 Å². The molecule has 0 radical (unpaired) electrons. The molecule has 0 aliphatic rings. The van der Waals surface area contributed by atoms with Crippen molar-refractivity contribution in [3.63, 3.8) is 0 Å². The number of aryl methyl sites for hydroxylation is 1. The number of aromatic nitrogens is 2. The lowest BCUT2D eigenvalue weighted by Crippen LogP contribution is -2.30. The largest absolute Gasteiger partial charge is 0.376 e. The van der Waals surface area contributed by atoms with Gasteiger partial charge in [0.1, 0.15) is 0 Å². The summed E-state index contributed by atoms with van der Waals surface area (Å²) in [6.07, 6.45) is 3.74. The van der Waals surface area contributed by atoms with E-state index in [1.165, 1.54) is 0 Å². The van der Waals surface area contributed by atoms with Gasteiger partial charge in [-0.3, -0.25) is 4.68 Å². The smallest absolute Gasteiger partial charge is 0.166 e. The Morgan fingerprint density at radius 1 is 1.83 bits per heavy atom. The van der Waals surface area contributed by atoms with E-state index in [4.69, 9.17) is 18.0 Å². The van der Waals surface area contributed by atoms with Crippen LogP contribution in [0.3, 0.4) is 0 Å². The fourth-order valence-electron chi connectivity index (χ4n) is 0.905. The lowest BCUT2D eigenvalue weighted by molar-refractivity contribution is 0.504. The van der Waals surface area contributed by atoms with Gasteiger partial charge in [-0.15, -0.1) is 0 Å². The molecule has 0 saturated heterocycles. The first kappa shape index (κ1) is 8.99. The molecule has 1 heterocycles. The van der Waals surface area contributed by atoms with Crippen LogP contribution in [-0.4, -0.2) is 26.8 Å². The average Bonchev–Trinajstić information content (AvgIpc) is 2.35. The maximum absolute atomic E-state index is 5.42. The summed E-state index contributed by atoms with van der Waals surface area (Å²) in [5.41, 5.74) is 6.53. The van der Waals surface area contributed by atoms with Crippen molar-refractivity contribution in [1.29, 1.82) is 0 Å². The minimum atomic E-state index is 0.402. The van der Waals surface area contributed by atoms with E-state index in [2.05, 4.69) is 5.10 Å². The Labute approximate surface area is 77.0 Å². The molecule has 66 valence electrons. The molecule has 0 aromatic carbocycles. The molecule has 1 aromatic heterocycles. The number of rotatable bonds is 2. The molecule has 0 unspecified atom stereocenters. The first-order valence-corrected chi connectivity index (χ1v) is 3.98. The minimum Gasteiger partial charge on any atom is -0.376 e. The van der Waals surface area contributed by atoms with Gasteiger partial charge in [-0.2, -0.15) is 5.10 Å². The maximum atomic E-state index is 5.42. The van der Waals surface area contributed by atoms with Gasteiger partial charge in [0.2, 0.25) is 0 Å². The van der Waals surface area contributed by atoms with Gasteiger partial charge in [0.15, 0.2) is 5.11 Å². The van der Waals surface area contributed by atoms with E-state index in [-0.39, 0.29) is 0 Å². The molecule has 4 nitrogen and oxygen atoms in total. The van der Waals surface area contributed by atoms with Crippen molar-refractivity contribution in [2.75, 3.05) is 7.05 Å². The molecule has 0 bridgehead atoms. The van der Waals surface area contributed by atoms with Crippen LogP contribution in [0, 0.1) is 0 Å². The molecule has 0 spiro atoms. The lowest BCUT2D eigenvalue weighted by Gasteiger charge is -2.14. The van der Waals surface area contributed by atoms with E-state index in [1.807, 2.05) is 20.3 Å². The molecule has 1 rings (SSSR count). The number of nitrogens with two attached hydrogens (primary N) is 1. The second-order valence-electron chi connectivity index (χ2n) is 2.72. The van der Waals surface area contributed by atoms with Crippen LogP contribution in [-0.2, 0) is 13.6 Å². The summed E-state index contributed by atoms with van der Waals surface area (Å²) in [4.78, 5) is 1.80. The summed E-state index contributed by atoms with van der Waals surface area (Å²) < 4.78 is 1.75. The van der Waals surface area contributed by atoms with Crippen LogP contribution in [0.4, 0.5) is 0 Å². The third-order valence-corrected chi connectivity index (χ3v) is 1.87. The van der Waals surface area contributed by atoms with E-state index in [0.29, 0.717) is 11.7 Å². The Hall–Kier alpha value is -1.10. The zero-order valence-corrected chi connectivity index (χ0v) is 8.01. The topological polar surface area (TPSA) is 47.1 Å². The summed E-state index contributed by atoms with van der Waals surface area (Å²) in [5, 5.41) is 4.44. The van der Waals surface area contributed by atoms with Crippen LogP contribution in [0.5, 0.6) is 0 Å². The number of hydrogen-bond acceptors (Lipinski definition) is 2. The fourth-order valence-corrected chi connectivity index (χ4v) is 0.970. The van der Waals surface area contributed by atoms with Gasteiger partial charge in [-0.25, -0.2) is 0 Å². The second kappa shape index (κ2) is 3.53. The molecule has 0 fully saturated rings. The summed E-state index contributed by atoms with van der Waals surface area (Å²) in [6, 6.07) is 0. The van der Waals surface area contributed by atoms with Gasteiger partial charge in [-0.1, -0.05) is 0 Å².